The average Bonchev–Trinajstić information content (AvgIpc) is 2.13. The highest BCUT2D eigenvalue weighted by Gasteiger charge is 2.16. The standard InChI is InChI=1S/C12H14F2NO2/c1-12(2,3)17-11(16)15-7-8-4-5-9(13)6-10(8)14/h4-7H,1-3H3,(H,15,16). The van der Waals surface area contributed by atoms with Gasteiger partial charge in [0.1, 0.15) is 17.2 Å². The first-order valence-electron chi connectivity index (χ1n) is 5.06. The van der Waals surface area contributed by atoms with Crippen LogP contribution in [0.25, 0.3) is 0 Å². The number of ether oxygens (including phenoxy) is 1. The van der Waals surface area contributed by atoms with Crippen molar-refractivity contribution in [3.8, 4) is 0 Å². The van der Waals surface area contributed by atoms with Gasteiger partial charge < -0.3 is 10.1 Å². The number of halogens is 2. The summed E-state index contributed by atoms with van der Waals surface area (Å²) in [6.07, 6.45) is -0.693. The fraction of sp³-hybridized carbons (Fsp3) is 0.333. The lowest BCUT2D eigenvalue weighted by Crippen LogP contribution is -2.31. The quantitative estimate of drug-likeness (QED) is 0.865. The highest BCUT2D eigenvalue weighted by atomic mass is 19.1. The van der Waals surface area contributed by atoms with Gasteiger partial charge in [-0.05, 0) is 26.8 Å². The molecule has 0 aromatic heterocycles. The summed E-state index contributed by atoms with van der Waals surface area (Å²) in [5.41, 5.74) is -0.545. The van der Waals surface area contributed by atoms with Crippen LogP contribution in [-0.2, 0) is 4.74 Å². The molecular weight excluding hydrogens is 228 g/mol. The van der Waals surface area contributed by atoms with Crippen molar-refractivity contribution in [1.82, 2.24) is 5.32 Å². The van der Waals surface area contributed by atoms with Crippen LogP contribution in [0.15, 0.2) is 18.2 Å². The molecule has 0 bridgehead atoms. The highest BCUT2D eigenvalue weighted by Crippen LogP contribution is 2.11. The van der Waals surface area contributed by atoms with E-state index in [0.717, 1.165) is 18.7 Å². The molecule has 0 spiro atoms. The third-order valence-corrected chi connectivity index (χ3v) is 1.71. The number of carbonyl (C=O) groups excluding carboxylic acids is 1. The van der Waals surface area contributed by atoms with Gasteiger partial charge in [-0.25, -0.2) is 13.6 Å². The molecule has 0 saturated carbocycles. The van der Waals surface area contributed by atoms with Gasteiger partial charge in [-0.3, -0.25) is 0 Å². The van der Waals surface area contributed by atoms with Crippen LogP contribution < -0.4 is 5.32 Å². The average molecular weight is 242 g/mol. The number of carbonyl (C=O) groups is 1. The molecule has 1 aromatic rings. The molecule has 93 valence electrons. The van der Waals surface area contributed by atoms with E-state index in [4.69, 9.17) is 4.74 Å². The predicted octanol–water partition coefficient (Wildman–Crippen LogP) is 3.00. The van der Waals surface area contributed by atoms with Gasteiger partial charge >= 0.3 is 6.09 Å². The summed E-state index contributed by atoms with van der Waals surface area (Å²) in [5, 5.41) is 2.27. The molecule has 5 heteroatoms. The maximum absolute atomic E-state index is 13.2. The third kappa shape index (κ3) is 4.80. The van der Waals surface area contributed by atoms with Gasteiger partial charge in [-0.15, -0.1) is 0 Å². The first-order valence-corrected chi connectivity index (χ1v) is 5.06. The molecule has 0 aliphatic rings. The smallest absolute Gasteiger partial charge is 0.408 e. The lowest BCUT2D eigenvalue weighted by Gasteiger charge is -2.19. The third-order valence-electron chi connectivity index (χ3n) is 1.71. The van der Waals surface area contributed by atoms with Crippen LogP contribution >= 0.6 is 0 Å². The van der Waals surface area contributed by atoms with E-state index in [-0.39, 0.29) is 5.56 Å². The molecule has 0 saturated heterocycles. The van der Waals surface area contributed by atoms with Crippen LogP contribution in [0.5, 0.6) is 0 Å². The van der Waals surface area contributed by atoms with Crippen molar-refractivity contribution < 1.29 is 18.3 Å². The van der Waals surface area contributed by atoms with E-state index in [0.29, 0.717) is 0 Å². The molecule has 3 nitrogen and oxygen atoms in total. The Hall–Kier alpha value is -1.65. The minimum absolute atomic E-state index is 0.0808. The number of benzene rings is 1. The van der Waals surface area contributed by atoms with Gasteiger partial charge in [0.15, 0.2) is 0 Å². The Labute approximate surface area is 98.8 Å². The Balaban J connectivity index is 2.53. The van der Waals surface area contributed by atoms with Gasteiger partial charge in [0.2, 0.25) is 0 Å². The van der Waals surface area contributed by atoms with E-state index in [1.165, 1.54) is 6.07 Å². The van der Waals surface area contributed by atoms with Gasteiger partial charge in [0, 0.05) is 11.6 Å². The molecule has 1 N–H and O–H groups in total. The van der Waals surface area contributed by atoms with Crippen molar-refractivity contribution in [2.75, 3.05) is 0 Å². The number of nitrogens with one attached hydrogen (secondary N) is 1. The lowest BCUT2D eigenvalue weighted by molar-refractivity contribution is 0.0545. The predicted molar refractivity (Wildman–Crippen MR) is 59.1 cm³/mol. The van der Waals surface area contributed by atoms with Crippen molar-refractivity contribution in [3.05, 3.63) is 41.9 Å². The molecule has 1 radical (unpaired) electrons. The van der Waals surface area contributed by atoms with Crippen molar-refractivity contribution >= 4 is 6.09 Å². The number of rotatable bonds is 2. The van der Waals surface area contributed by atoms with Crippen molar-refractivity contribution in [2.45, 2.75) is 26.4 Å². The zero-order valence-electron chi connectivity index (χ0n) is 9.88. The van der Waals surface area contributed by atoms with E-state index in [1.54, 1.807) is 20.8 Å². The minimum atomic E-state index is -0.749. The Morgan fingerprint density at radius 3 is 2.53 bits per heavy atom. The Kier molecular flexibility index (Phi) is 4.04. The summed E-state index contributed by atoms with van der Waals surface area (Å²) < 4.78 is 30.7. The molecule has 1 aromatic carbocycles. The van der Waals surface area contributed by atoms with Crippen LogP contribution in [0.4, 0.5) is 13.6 Å². The summed E-state index contributed by atoms with van der Waals surface area (Å²) in [6.45, 7) is 6.27. The number of alkyl carbamates (subject to hydrolysis) is 1. The van der Waals surface area contributed by atoms with Crippen LogP contribution in [0, 0.1) is 18.2 Å². The fourth-order valence-corrected chi connectivity index (χ4v) is 1.06. The molecule has 0 aliphatic heterocycles. The van der Waals surface area contributed by atoms with Crippen LogP contribution in [0.2, 0.25) is 0 Å². The molecule has 0 heterocycles. The summed E-state index contributed by atoms with van der Waals surface area (Å²) in [7, 11) is 0. The molecule has 1 amide bonds. The summed E-state index contributed by atoms with van der Waals surface area (Å²) in [4.78, 5) is 11.2. The lowest BCUT2D eigenvalue weighted by atomic mass is 10.2. The normalized spacial score (nSPS) is 11.1. The summed E-state index contributed by atoms with van der Waals surface area (Å²) in [5.74, 6) is -1.42. The maximum Gasteiger partial charge on any atom is 0.408 e. The van der Waals surface area contributed by atoms with E-state index in [1.807, 2.05) is 0 Å². The second kappa shape index (κ2) is 5.12. The molecule has 0 atom stereocenters. The summed E-state index contributed by atoms with van der Waals surface area (Å²) >= 11 is 0. The zero-order valence-corrected chi connectivity index (χ0v) is 9.88. The van der Waals surface area contributed by atoms with Gasteiger partial charge in [0.05, 0.1) is 6.54 Å². The zero-order chi connectivity index (χ0) is 13.1. The monoisotopic (exact) mass is 242 g/mol. The van der Waals surface area contributed by atoms with E-state index < -0.39 is 23.3 Å². The second-order valence-corrected chi connectivity index (χ2v) is 4.46. The van der Waals surface area contributed by atoms with Gasteiger partial charge in [0.25, 0.3) is 0 Å². The van der Waals surface area contributed by atoms with E-state index >= 15 is 0 Å². The number of hydrogen-bond acceptors (Lipinski definition) is 2. The van der Waals surface area contributed by atoms with E-state index in [2.05, 4.69) is 5.32 Å². The number of hydrogen-bond donors (Lipinski definition) is 1. The topological polar surface area (TPSA) is 38.3 Å². The van der Waals surface area contributed by atoms with Crippen molar-refractivity contribution in [2.24, 2.45) is 0 Å². The molecule has 0 aliphatic carbocycles. The van der Waals surface area contributed by atoms with Crippen LogP contribution in [-0.4, -0.2) is 11.7 Å². The molecule has 0 unspecified atom stereocenters. The fourth-order valence-electron chi connectivity index (χ4n) is 1.06. The number of amides is 1. The Morgan fingerprint density at radius 1 is 1.35 bits per heavy atom. The van der Waals surface area contributed by atoms with Crippen molar-refractivity contribution in [3.63, 3.8) is 0 Å². The highest BCUT2D eigenvalue weighted by molar-refractivity contribution is 5.69. The summed E-state index contributed by atoms with van der Waals surface area (Å²) in [6, 6.07) is 3.07. The van der Waals surface area contributed by atoms with Crippen LogP contribution in [0.1, 0.15) is 26.3 Å². The van der Waals surface area contributed by atoms with E-state index in [9.17, 15) is 13.6 Å². The maximum atomic E-state index is 13.2. The molecule has 17 heavy (non-hydrogen) atoms. The van der Waals surface area contributed by atoms with Crippen LogP contribution in [0.3, 0.4) is 0 Å². The molecular formula is C12H14F2NO2. The Morgan fingerprint density at radius 2 is 2.00 bits per heavy atom. The van der Waals surface area contributed by atoms with Gasteiger partial charge in [-0.2, -0.15) is 0 Å². The first-order chi connectivity index (χ1) is 7.78. The van der Waals surface area contributed by atoms with Crippen molar-refractivity contribution in [1.29, 1.82) is 0 Å². The second-order valence-electron chi connectivity index (χ2n) is 4.46. The SMILES string of the molecule is CC(C)(C)OC(=O)N[CH]c1ccc(F)cc1F. The van der Waals surface area contributed by atoms with Gasteiger partial charge in [-0.1, -0.05) is 6.07 Å². The molecule has 0 fully saturated rings. The first kappa shape index (κ1) is 13.4. The molecule has 1 rings (SSSR count). The Bertz CT molecular complexity index is 413. The minimum Gasteiger partial charge on any atom is -0.444 e. The largest absolute Gasteiger partial charge is 0.444 e.